The molecule has 0 saturated carbocycles. The van der Waals surface area contributed by atoms with Crippen LogP contribution in [0.25, 0.3) is 0 Å². The van der Waals surface area contributed by atoms with E-state index in [0.29, 0.717) is 0 Å². The van der Waals surface area contributed by atoms with Gasteiger partial charge in [0.05, 0.1) is 0 Å². The molecule has 0 unspecified atom stereocenters. The Labute approximate surface area is 109 Å². The van der Waals surface area contributed by atoms with E-state index >= 15 is 0 Å². The molecule has 1 aromatic rings. The lowest BCUT2D eigenvalue weighted by Crippen LogP contribution is -2.46. The van der Waals surface area contributed by atoms with E-state index in [-0.39, 0.29) is 0 Å². The summed E-state index contributed by atoms with van der Waals surface area (Å²) in [7, 11) is 0. The van der Waals surface area contributed by atoms with Crippen molar-refractivity contribution in [3.63, 3.8) is 0 Å². The predicted molar refractivity (Wildman–Crippen MR) is 70.9 cm³/mol. The van der Waals surface area contributed by atoms with Crippen LogP contribution in [0.5, 0.6) is 0 Å². The number of piperazine rings is 1. The van der Waals surface area contributed by atoms with Gasteiger partial charge in [0.15, 0.2) is 0 Å². The Morgan fingerprint density at radius 3 is 2.71 bits per heavy atom. The Balaban J connectivity index is 1.93. The molecule has 1 aliphatic heterocycles. The number of hydrogen-bond donors (Lipinski definition) is 0. The molecule has 0 radical (unpaired) electrons. The number of halogens is 2. The highest BCUT2D eigenvalue weighted by Crippen LogP contribution is 2.17. The van der Waals surface area contributed by atoms with Gasteiger partial charge in [-0.05, 0) is 6.07 Å². The molecule has 0 atom stereocenters. The summed E-state index contributed by atoms with van der Waals surface area (Å²) in [5.74, 6) is -0.418. The Bertz CT molecular complexity index is 402. The van der Waals surface area contributed by atoms with E-state index in [1.165, 1.54) is 12.3 Å². The van der Waals surface area contributed by atoms with Crippen LogP contribution >= 0.6 is 15.9 Å². The van der Waals surface area contributed by atoms with Crippen LogP contribution in [0.2, 0.25) is 0 Å². The fourth-order valence-electron chi connectivity index (χ4n) is 2.00. The van der Waals surface area contributed by atoms with Gasteiger partial charge < -0.3 is 4.90 Å². The second-order valence-electron chi connectivity index (χ2n) is 4.12. The fourth-order valence-corrected chi connectivity index (χ4v) is 2.35. The van der Waals surface area contributed by atoms with Crippen molar-refractivity contribution in [1.82, 2.24) is 9.88 Å². The van der Waals surface area contributed by atoms with Gasteiger partial charge in [0.25, 0.3) is 0 Å². The van der Waals surface area contributed by atoms with Crippen molar-refractivity contribution in [3.8, 4) is 0 Å². The van der Waals surface area contributed by atoms with Gasteiger partial charge in [0.2, 0.25) is 5.95 Å². The second kappa shape index (κ2) is 5.60. The Kier molecular flexibility index (Phi) is 4.12. The molecule has 1 aliphatic rings. The summed E-state index contributed by atoms with van der Waals surface area (Å²) in [6.45, 7) is 8.46. The molecule has 92 valence electrons. The molecule has 1 aromatic heterocycles. The van der Waals surface area contributed by atoms with Crippen molar-refractivity contribution in [2.75, 3.05) is 37.6 Å². The normalized spacial score (nSPS) is 17.2. The first-order valence-corrected chi connectivity index (χ1v) is 6.36. The van der Waals surface area contributed by atoms with Gasteiger partial charge in [-0.25, -0.2) is 4.98 Å². The van der Waals surface area contributed by atoms with Gasteiger partial charge in [-0.3, -0.25) is 4.90 Å². The lowest BCUT2D eigenvalue weighted by molar-refractivity contribution is 0.283. The van der Waals surface area contributed by atoms with E-state index < -0.39 is 5.95 Å². The third-order valence-corrected chi connectivity index (χ3v) is 3.09. The van der Waals surface area contributed by atoms with Crippen LogP contribution < -0.4 is 4.90 Å². The van der Waals surface area contributed by atoms with Crippen LogP contribution in [-0.4, -0.2) is 42.6 Å². The molecule has 2 heterocycles. The average molecular weight is 300 g/mol. The quantitative estimate of drug-likeness (QED) is 0.798. The number of nitrogens with zero attached hydrogens (tertiary/aromatic N) is 3. The maximum absolute atomic E-state index is 13.0. The van der Waals surface area contributed by atoms with E-state index in [0.717, 1.165) is 42.9 Å². The highest BCUT2D eigenvalue weighted by Gasteiger charge is 2.17. The number of anilines is 1. The first-order chi connectivity index (χ1) is 8.15. The zero-order valence-electron chi connectivity index (χ0n) is 9.57. The van der Waals surface area contributed by atoms with Crippen LogP contribution in [0, 0.1) is 5.95 Å². The second-order valence-corrected chi connectivity index (χ2v) is 5.24. The van der Waals surface area contributed by atoms with Crippen molar-refractivity contribution >= 4 is 21.6 Å². The van der Waals surface area contributed by atoms with Crippen LogP contribution in [-0.2, 0) is 0 Å². The summed E-state index contributed by atoms with van der Waals surface area (Å²) in [5, 5.41) is 0. The Morgan fingerprint density at radius 2 is 2.12 bits per heavy atom. The molecule has 3 nitrogen and oxygen atoms in total. The largest absolute Gasteiger partial charge is 0.369 e. The van der Waals surface area contributed by atoms with E-state index in [1.807, 2.05) is 6.07 Å². The maximum atomic E-state index is 13.0. The molecule has 0 bridgehead atoms. The minimum absolute atomic E-state index is 0.418. The first kappa shape index (κ1) is 12.5. The molecule has 1 saturated heterocycles. The molecule has 0 N–H and O–H groups in total. The summed E-state index contributed by atoms with van der Waals surface area (Å²) in [4.78, 5) is 8.07. The van der Waals surface area contributed by atoms with Crippen molar-refractivity contribution in [2.24, 2.45) is 0 Å². The smallest absolute Gasteiger partial charge is 0.214 e. The maximum Gasteiger partial charge on any atom is 0.214 e. The Morgan fingerprint density at radius 1 is 1.41 bits per heavy atom. The van der Waals surface area contributed by atoms with Crippen LogP contribution in [0.1, 0.15) is 0 Å². The van der Waals surface area contributed by atoms with E-state index in [9.17, 15) is 4.39 Å². The summed E-state index contributed by atoms with van der Waals surface area (Å²) in [5.41, 5.74) is 0.912. The predicted octanol–water partition coefficient (Wildman–Crippen LogP) is 2.25. The summed E-state index contributed by atoms with van der Waals surface area (Å²) >= 11 is 3.37. The molecule has 0 amide bonds. The molecule has 0 spiro atoms. The number of pyridine rings is 1. The van der Waals surface area contributed by atoms with Crippen LogP contribution in [0.4, 0.5) is 10.1 Å². The van der Waals surface area contributed by atoms with Crippen molar-refractivity contribution < 1.29 is 4.39 Å². The fraction of sp³-hybridized carbons (Fsp3) is 0.417. The zero-order valence-corrected chi connectivity index (χ0v) is 11.2. The number of rotatable bonds is 3. The first-order valence-electron chi connectivity index (χ1n) is 5.57. The standard InChI is InChI=1S/C12H15BrFN3/c1-10(13)9-16-4-6-17(7-5-16)11-2-3-15-12(14)8-11/h2-3,8H,1,4-7,9H2. The van der Waals surface area contributed by atoms with E-state index in [4.69, 9.17) is 0 Å². The van der Waals surface area contributed by atoms with Gasteiger partial charge in [0.1, 0.15) is 0 Å². The average Bonchev–Trinajstić information content (AvgIpc) is 2.29. The van der Waals surface area contributed by atoms with Crippen molar-refractivity contribution in [3.05, 3.63) is 35.3 Å². The van der Waals surface area contributed by atoms with Gasteiger partial charge in [0, 0.05) is 55.2 Å². The SMILES string of the molecule is C=C(Br)CN1CCN(c2ccnc(F)c2)CC1. The molecule has 1 fully saturated rings. The van der Waals surface area contributed by atoms with Gasteiger partial charge in [-0.1, -0.05) is 22.5 Å². The van der Waals surface area contributed by atoms with Crippen molar-refractivity contribution in [1.29, 1.82) is 0 Å². The topological polar surface area (TPSA) is 19.4 Å². The summed E-state index contributed by atoms with van der Waals surface area (Å²) in [6, 6.07) is 3.33. The molecule has 0 aliphatic carbocycles. The number of aromatic nitrogens is 1. The molecular weight excluding hydrogens is 285 g/mol. The van der Waals surface area contributed by atoms with Gasteiger partial charge >= 0.3 is 0 Å². The van der Waals surface area contributed by atoms with E-state index in [1.54, 1.807) is 0 Å². The third-order valence-electron chi connectivity index (χ3n) is 2.84. The highest BCUT2D eigenvalue weighted by atomic mass is 79.9. The molecule has 5 heteroatoms. The van der Waals surface area contributed by atoms with Crippen LogP contribution in [0.3, 0.4) is 0 Å². The lowest BCUT2D eigenvalue weighted by Gasteiger charge is -2.35. The minimum Gasteiger partial charge on any atom is -0.369 e. The third kappa shape index (κ3) is 3.51. The van der Waals surface area contributed by atoms with Crippen LogP contribution in [0.15, 0.2) is 29.4 Å². The zero-order chi connectivity index (χ0) is 12.3. The van der Waals surface area contributed by atoms with E-state index in [2.05, 4.69) is 37.3 Å². The summed E-state index contributed by atoms with van der Waals surface area (Å²) in [6.07, 6.45) is 1.51. The summed E-state index contributed by atoms with van der Waals surface area (Å²) < 4.78 is 14.0. The molecule has 0 aromatic carbocycles. The van der Waals surface area contributed by atoms with Crippen molar-refractivity contribution in [2.45, 2.75) is 0 Å². The Hall–Kier alpha value is -0.940. The number of hydrogen-bond acceptors (Lipinski definition) is 3. The lowest BCUT2D eigenvalue weighted by atomic mass is 10.2. The van der Waals surface area contributed by atoms with Gasteiger partial charge in [-0.2, -0.15) is 4.39 Å². The highest BCUT2D eigenvalue weighted by molar-refractivity contribution is 9.11. The molecule has 2 rings (SSSR count). The molecule has 17 heavy (non-hydrogen) atoms. The molecular formula is C12H15BrFN3. The van der Waals surface area contributed by atoms with Gasteiger partial charge in [-0.15, -0.1) is 0 Å². The minimum atomic E-state index is -0.418. The monoisotopic (exact) mass is 299 g/mol.